The van der Waals surface area contributed by atoms with Crippen molar-refractivity contribution >= 4 is 45.7 Å². The Hall–Kier alpha value is -1.25. The van der Waals surface area contributed by atoms with Gasteiger partial charge < -0.3 is 8.51 Å². The molecule has 0 spiro atoms. The van der Waals surface area contributed by atoms with Crippen LogP contribution < -0.4 is 3.53 Å². The summed E-state index contributed by atoms with van der Waals surface area (Å²) < 4.78 is 2.89. The highest BCUT2D eigenvalue weighted by atomic mass is 127. The number of nitrogens with zero attached hydrogens (tertiary/aromatic N) is 3. The van der Waals surface area contributed by atoms with Crippen molar-refractivity contribution in [2.75, 3.05) is 3.53 Å². The van der Waals surface area contributed by atoms with Gasteiger partial charge in [0.1, 0.15) is 11.5 Å². The highest BCUT2D eigenvalue weighted by molar-refractivity contribution is 14.1. The minimum atomic E-state index is 0.147. The van der Waals surface area contributed by atoms with Gasteiger partial charge in [0.15, 0.2) is 0 Å². The fourth-order valence-electron chi connectivity index (χ4n) is 1.05. The summed E-state index contributed by atoms with van der Waals surface area (Å²) in [5.41, 5.74) is 7.48. The van der Waals surface area contributed by atoms with Crippen LogP contribution in [-0.2, 0) is 0 Å². The molecule has 0 radical (unpaired) electrons. The Balaban J connectivity index is 2.77. The van der Waals surface area contributed by atoms with Crippen LogP contribution in [0.5, 0.6) is 0 Å². The van der Waals surface area contributed by atoms with Gasteiger partial charge in [-0.05, 0) is 6.07 Å². The summed E-state index contributed by atoms with van der Waals surface area (Å²) in [5, 5.41) is 4.06. The van der Waals surface area contributed by atoms with Crippen molar-refractivity contribution in [2.24, 2.45) is 5.11 Å². The van der Waals surface area contributed by atoms with Crippen molar-refractivity contribution in [1.29, 1.82) is 5.53 Å². The van der Waals surface area contributed by atoms with Crippen LogP contribution in [0.4, 0.5) is 11.8 Å². The number of H-pyrrole nitrogens is 1. The quantitative estimate of drug-likeness (QED) is 0.450. The van der Waals surface area contributed by atoms with Gasteiger partial charge in [-0.15, -0.1) is 5.11 Å². The van der Waals surface area contributed by atoms with E-state index >= 15 is 0 Å². The molecule has 2 aromatic heterocycles. The van der Waals surface area contributed by atoms with E-state index in [-0.39, 0.29) is 5.95 Å². The second kappa shape index (κ2) is 3.24. The summed E-state index contributed by atoms with van der Waals surface area (Å²) in [4.78, 5) is 10.9. The van der Waals surface area contributed by atoms with Gasteiger partial charge >= 0.3 is 0 Å². The zero-order chi connectivity index (χ0) is 9.26. The molecule has 0 amide bonds. The largest absolute Gasteiger partial charge is 0.346 e. The van der Waals surface area contributed by atoms with Gasteiger partial charge in [0.2, 0.25) is 0 Å². The fraction of sp³-hybridized carbons (Fsp3) is 0. The van der Waals surface area contributed by atoms with Gasteiger partial charge in [-0.1, -0.05) is 0 Å². The normalized spacial score (nSPS) is 10.2. The van der Waals surface area contributed by atoms with Gasteiger partial charge in [-0.2, -0.15) is 9.97 Å². The maximum atomic E-state index is 6.80. The Bertz CT molecular complexity index is 449. The Morgan fingerprint density at radius 3 is 3.08 bits per heavy atom. The molecule has 0 aliphatic rings. The average molecular weight is 288 g/mol. The Kier molecular flexibility index (Phi) is 2.08. The van der Waals surface area contributed by atoms with Crippen molar-refractivity contribution in [3.05, 3.63) is 12.3 Å². The van der Waals surface area contributed by atoms with Crippen molar-refractivity contribution in [1.82, 2.24) is 15.0 Å². The van der Waals surface area contributed by atoms with Gasteiger partial charge in [0.05, 0.1) is 28.3 Å². The van der Waals surface area contributed by atoms with E-state index in [9.17, 15) is 0 Å². The first kappa shape index (κ1) is 8.35. The van der Waals surface area contributed by atoms with E-state index in [4.69, 9.17) is 5.53 Å². The molecule has 7 heteroatoms. The van der Waals surface area contributed by atoms with Crippen LogP contribution in [0.15, 0.2) is 17.4 Å². The first-order valence-electron chi connectivity index (χ1n) is 3.44. The molecule has 2 heterocycles. The molecule has 2 rings (SSSR count). The SMILES string of the molecule is N=Nc1nc(NI)c2cc[nH]c2n1. The highest BCUT2D eigenvalue weighted by Crippen LogP contribution is 2.22. The minimum absolute atomic E-state index is 0.147. The number of anilines is 1. The van der Waals surface area contributed by atoms with Gasteiger partial charge in [-0.25, -0.2) is 5.53 Å². The van der Waals surface area contributed by atoms with Crippen molar-refractivity contribution < 1.29 is 0 Å². The summed E-state index contributed by atoms with van der Waals surface area (Å²) in [6.45, 7) is 0. The number of aromatic nitrogens is 3. The second-order valence-corrected chi connectivity index (χ2v) is 2.86. The zero-order valence-electron chi connectivity index (χ0n) is 6.37. The topological polar surface area (TPSA) is 89.8 Å². The third-order valence-electron chi connectivity index (χ3n) is 1.59. The molecule has 3 N–H and O–H groups in total. The van der Waals surface area contributed by atoms with Gasteiger partial charge in [0, 0.05) is 6.20 Å². The monoisotopic (exact) mass is 288 g/mol. The highest BCUT2D eigenvalue weighted by Gasteiger charge is 2.06. The lowest BCUT2D eigenvalue weighted by molar-refractivity contribution is 1.04. The van der Waals surface area contributed by atoms with Crippen LogP contribution in [0.25, 0.3) is 11.0 Å². The van der Waals surface area contributed by atoms with Crippen LogP contribution >= 0.6 is 22.9 Å². The molecule has 0 aliphatic carbocycles. The van der Waals surface area contributed by atoms with Crippen LogP contribution in [0.1, 0.15) is 0 Å². The molecule has 6 nitrogen and oxygen atoms in total. The first-order valence-corrected chi connectivity index (χ1v) is 4.52. The minimum Gasteiger partial charge on any atom is -0.346 e. The molecular weight excluding hydrogens is 283 g/mol. The molecule has 66 valence electrons. The molecule has 0 saturated heterocycles. The standard InChI is InChI=1S/C6H5IN6/c7-12-5-3-1-2-9-4(3)10-6(11-5)13-8/h1-2,8H,(H2,9,10,11,12). The van der Waals surface area contributed by atoms with Crippen LogP contribution in [-0.4, -0.2) is 15.0 Å². The average Bonchev–Trinajstić information content (AvgIpc) is 2.63. The molecule has 0 aromatic carbocycles. The van der Waals surface area contributed by atoms with E-state index in [0.29, 0.717) is 11.5 Å². The van der Waals surface area contributed by atoms with Crippen LogP contribution in [0, 0.1) is 5.53 Å². The Morgan fingerprint density at radius 1 is 1.54 bits per heavy atom. The lowest BCUT2D eigenvalue weighted by Crippen LogP contribution is -1.89. The number of fused-ring (bicyclic) bond motifs is 1. The number of hydrogen-bond donors (Lipinski definition) is 3. The van der Waals surface area contributed by atoms with Crippen molar-refractivity contribution in [3.8, 4) is 0 Å². The summed E-state index contributed by atoms with van der Waals surface area (Å²) >= 11 is 1.97. The van der Waals surface area contributed by atoms with E-state index in [1.807, 2.05) is 28.9 Å². The number of rotatable bonds is 2. The summed E-state index contributed by atoms with van der Waals surface area (Å²) in [7, 11) is 0. The van der Waals surface area contributed by atoms with E-state index in [2.05, 4.69) is 23.6 Å². The van der Waals surface area contributed by atoms with E-state index in [1.54, 1.807) is 6.20 Å². The molecule has 13 heavy (non-hydrogen) atoms. The van der Waals surface area contributed by atoms with E-state index in [0.717, 1.165) is 5.39 Å². The summed E-state index contributed by atoms with van der Waals surface area (Å²) in [6.07, 6.45) is 1.77. The van der Waals surface area contributed by atoms with Crippen LogP contribution in [0.3, 0.4) is 0 Å². The maximum Gasteiger partial charge on any atom is 0.272 e. The number of aromatic amines is 1. The predicted octanol–water partition coefficient (Wildman–Crippen LogP) is 2.38. The summed E-state index contributed by atoms with van der Waals surface area (Å²) in [6, 6.07) is 1.87. The smallest absolute Gasteiger partial charge is 0.272 e. The molecular formula is C6H5IN6. The fourth-order valence-corrected chi connectivity index (χ4v) is 1.46. The number of halogens is 1. The van der Waals surface area contributed by atoms with E-state index in [1.165, 1.54) is 0 Å². The van der Waals surface area contributed by atoms with Crippen LogP contribution in [0.2, 0.25) is 0 Å². The third kappa shape index (κ3) is 1.34. The molecule has 0 unspecified atom stereocenters. The van der Waals surface area contributed by atoms with Crippen molar-refractivity contribution in [3.63, 3.8) is 0 Å². The number of nitrogens with one attached hydrogen (secondary N) is 3. The zero-order valence-corrected chi connectivity index (χ0v) is 8.53. The van der Waals surface area contributed by atoms with Gasteiger partial charge in [-0.3, -0.25) is 0 Å². The molecule has 0 bridgehead atoms. The molecule has 2 aromatic rings. The van der Waals surface area contributed by atoms with Crippen molar-refractivity contribution in [2.45, 2.75) is 0 Å². The summed E-state index contributed by atoms with van der Waals surface area (Å²) in [5.74, 6) is 0.812. The molecule has 0 fully saturated rings. The molecule has 0 aliphatic heterocycles. The van der Waals surface area contributed by atoms with E-state index < -0.39 is 0 Å². The lowest BCUT2D eigenvalue weighted by Gasteiger charge is -1.98. The van der Waals surface area contributed by atoms with Gasteiger partial charge in [0.25, 0.3) is 5.95 Å². The first-order chi connectivity index (χ1) is 6.35. The maximum absolute atomic E-state index is 6.80. The molecule has 0 saturated carbocycles. The molecule has 0 atom stereocenters. The number of hydrogen-bond acceptors (Lipinski definition) is 5. The predicted molar refractivity (Wildman–Crippen MR) is 56.3 cm³/mol. The Labute approximate surface area is 87.2 Å². The second-order valence-electron chi connectivity index (χ2n) is 2.32. The third-order valence-corrected chi connectivity index (χ3v) is 2.10. The lowest BCUT2D eigenvalue weighted by atomic mass is 10.4. The Morgan fingerprint density at radius 2 is 2.38 bits per heavy atom.